The van der Waals surface area contributed by atoms with Crippen LogP contribution in [0.1, 0.15) is 49.8 Å². The van der Waals surface area contributed by atoms with E-state index in [2.05, 4.69) is 34.3 Å². The molecular formula is C28H33N4O5SSi. The normalized spacial score (nSPS) is 16.5. The second-order valence-corrected chi connectivity index (χ2v) is 10.9. The smallest absolute Gasteiger partial charge is 0.310 e. The molecule has 5 rings (SSSR count). The molecule has 0 N–H and O–H groups in total. The quantitative estimate of drug-likeness (QED) is 0.172. The van der Waals surface area contributed by atoms with Crippen LogP contribution in [0.2, 0.25) is 6.04 Å². The number of aromatic nitrogens is 4. The molecule has 9 nitrogen and oxygen atoms in total. The molecule has 0 saturated carbocycles. The summed E-state index contributed by atoms with van der Waals surface area (Å²) in [6, 6.07) is 12.6. The van der Waals surface area contributed by atoms with Crippen molar-refractivity contribution >= 4 is 31.8 Å². The summed E-state index contributed by atoms with van der Waals surface area (Å²) in [6.07, 6.45) is 7.61. The van der Waals surface area contributed by atoms with Crippen molar-refractivity contribution in [3.05, 3.63) is 69.7 Å². The van der Waals surface area contributed by atoms with Crippen LogP contribution in [-0.2, 0) is 20.9 Å². The van der Waals surface area contributed by atoms with Crippen molar-refractivity contribution < 1.29 is 18.9 Å². The van der Waals surface area contributed by atoms with Crippen LogP contribution in [0.4, 0.5) is 0 Å². The molecule has 3 aromatic heterocycles. The van der Waals surface area contributed by atoms with Gasteiger partial charge in [-0.25, -0.2) is 9.67 Å². The van der Waals surface area contributed by atoms with Crippen molar-refractivity contribution in [1.82, 2.24) is 19.3 Å². The first-order chi connectivity index (χ1) is 19.1. The van der Waals surface area contributed by atoms with E-state index >= 15 is 0 Å². The van der Waals surface area contributed by atoms with E-state index < -0.39 is 0 Å². The summed E-state index contributed by atoms with van der Waals surface area (Å²) >= 11 is 1.24. The van der Waals surface area contributed by atoms with Crippen LogP contribution in [-0.4, -0.2) is 62.3 Å². The lowest BCUT2D eigenvalue weighted by molar-refractivity contribution is -0.163. The fourth-order valence-electron chi connectivity index (χ4n) is 4.47. The summed E-state index contributed by atoms with van der Waals surface area (Å²) in [5.41, 5.74) is 2.90. The van der Waals surface area contributed by atoms with E-state index in [-0.39, 0.29) is 23.8 Å². The summed E-state index contributed by atoms with van der Waals surface area (Å²) in [5.74, 6) is 1.48. The molecule has 39 heavy (non-hydrogen) atoms. The third-order valence-corrected chi connectivity index (χ3v) is 7.81. The third kappa shape index (κ3) is 7.03. The van der Waals surface area contributed by atoms with Gasteiger partial charge in [-0.2, -0.15) is 5.10 Å². The number of fused-ring (bicyclic) bond motifs is 1. The molecular weight excluding hydrogens is 532 g/mol. The van der Waals surface area contributed by atoms with Crippen LogP contribution in [0, 0.1) is 0 Å². The molecule has 1 fully saturated rings. The van der Waals surface area contributed by atoms with Crippen molar-refractivity contribution in [2.24, 2.45) is 0 Å². The molecule has 11 heteroatoms. The van der Waals surface area contributed by atoms with Gasteiger partial charge in [-0.3, -0.25) is 9.36 Å². The molecule has 1 aliphatic rings. The van der Waals surface area contributed by atoms with Crippen LogP contribution in [0.3, 0.4) is 0 Å². The van der Waals surface area contributed by atoms with Gasteiger partial charge in [0.15, 0.2) is 12.1 Å². The number of ether oxygens (including phenoxy) is 4. The zero-order valence-electron chi connectivity index (χ0n) is 22.1. The Kier molecular flexibility index (Phi) is 9.59. The lowest BCUT2D eigenvalue weighted by atomic mass is 9.98. The molecule has 4 heterocycles. The topological polar surface area (TPSA) is 89.6 Å². The van der Waals surface area contributed by atoms with Crippen LogP contribution >= 0.6 is 11.3 Å². The Hall–Kier alpha value is -2.83. The Labute approximate surface area is 235 Å². The minimum Gasteiger partial charge on any atom is -0.492 e. The second kappa shape index (κ2) is 13.5. The monoisotopic (exact) mass is 565 g/mol. The molecule has 2 unspecified atom stereocenters. The first kappa shape index (κ1) is 27.7. The van der Waals surface area contributed by atoms with Crippen LogP contribution < -0.4 is 9.61 Å². The Morgan fingerprint density at radius 2 is 2.10 bits per heavy atom. The average molecular weight is 566 g/mol. The van der Waals surface area contributed by atoms with Crippen molar-refractivity contribution in [3.63, 3.8) is 0 Å². The van der Waals surface area contributed by atoms with Gasteiger partial charge in [0.25, 0.3) is 0 Å². The summed E-state index contributed by atoms with van der Waals surface area (Å²) in [4.78, 5) is 17.0. The summed E-state index contributed by atoms with van der Waals surface area (Å²) in [7, 11) is 3.39. The van der Waals surface area contributed by atoms with Crippen molar-refractivity contribution in [2.45, 2.75) is 57.6 Å². The minimum atomic E-state index is -0.0634. The highest BCUT2D eigenvalue weighted by Gasteiger charge is 2.16. The number of thiazole rings is 1. The molecule has 0 bridgehead atoms. The van der Waals surface area contributed by atoms with Gasteiger partial charge in [-0.1, -0.05) is 24.3 Å². The standard InChI is InChI=1S/C28H33N4O5SSi/c1-20(21-6-8-24-25(17-21)38-28(33)31(24)19-34-15-16-39)23-10-11-32(30-23)26-9-7-22(18-29-26)35-13-4-14-37-27-5-2-3-12-36-27/h6-11,17-18,20,27H,2-5,12-16,19H2,1H3. The Bertz CT molecular complexity index is 1400. The number of benzene rings is 1. The molecule has 0 amide bonds. The Balaban J connectivity index is 1.16. The minimum absolute atomic E-state index is 0.0195. The lowest BCUT2D eigenvalue weighted by Crippen LogP contribution is -2.23. The van der Waals surface area contributed by atoms with Gasteiger partial charge in [0.05, 0.1) is 35.3 Å². The van der Waals surface area contributed by atoms with Gasteiger partial charge in [-0.05, 0) is 61.2 Å². The van der Waals surface area contributed by atoms with E-state index in [1.165, 1.54) is 17.8 Å². The van der Waals surface area contributed by atoms with E-state index in [0.717, 1.165) is 53.4 Å². The molecule has 0 aliphatic carbocycles. The molecule has 0 spiro atoms. The highest BCUT2D eigenvalue weighted by Crippen LogP contribution is 2.28. The predicted molar refractivity (Wildman–Crippen MR) is 151 cm³/mol. The van der Waals surface area contributed by atoms with Crippen molar-refractivity contribution in [1.29, 1.82) is 0 Å². The fraction of sp³-hybridized carbons (Fsp3) is 0.464. The van der Waals surface area contributed by atoms with Gasteiger partial charge < -0.3 is 18.9 Å². The molecule has 4 aromatic rings. The number of pyridine rings is 1. The maximum atomic E-state index is 12.5. The molecule has 1 saturated heterocycles. The van der Waals surface area contributed by atoms with Gasteiger partial charge in [0.1, 0.15) is 12.5 Å². The summed E-state index contributed by atoms with van der Waals surface area (Å²) in [5, 5.41) is 4.77. The predicted octanol–water partition coefficient (Wildman–Crippen LogP) is 4.67. The van der Waals surface area contributed by atoms with E-state index in [1.807, 2.05) is 30.5 Å². The Morgan fingerprint density at radius 1 is 1.18 bits per heavy atom. The van der Waals surface area contributed by atoms with E-state index in [1.54, 1.807) is 15.4 Å². The summed E-state index contributed by atoms with van der Waals surface area (Å²) in [6.45, 7) is 4.88. The average Bonchev–Trinajstić information content (AvgIpc) is 3.58. The first-order valence-electron chi connectivity index (χ1n) is 13.4. The molecule has 1 aliphatic heterocycles. The largest absolute Gasteiger partial charge is 0.492 e. The van der Waals surface area contributed by atoms with Gasteiger partial charge >= 0.3 is 4.87 Å². The van der Waals surface area contributed by atoms with E-state index in [9.17, 15) is 4.79 Å². The molecule has 1 aromatic carbocycles. The number of hydrogen-bond donors (Lipinski definition) is 0. The number of rotatable bonds is 13. The highest BCUT2D eigenvalue weighted by molar-refractivity contribution is 7.16. The lowest BCUT2D eigenvalue weighted by Gasteiger charge is -2.22. The zero-order valence-corrected chi connectivity index (χ0v) is 23.9. The zero-order chi connectivity index (χ0) is 27.0. The SMILES string of the molecule is CC(c1ccc2c(c1)sc(=O)n2COCC[Si])c1ccn(-c2ccc(OCCCOC3CCCCO3)cn2)n1. The fourth-order valence-corrected chi connectivity index (χ4v) is 5.54. The molecule has 3 radical (unpaired) electrons. The van der Waals surface area contributed by atoms with Crippen molar-refractivity contribution in [3.8, 4) is 11.6 Å². The Morgan fingerprint density at radius 3 is 2.90 bits per heavy atom. The maximum absolute atomic E-state index is 12.5. The van der Waals surface area contributed by atoms with Crippen LogP contribution in [0.15, 0.2) is 53.6 Å². The van der Waals surface area contributed by atoms with Gasteiger partial charge in [0.2, 0.25) is 0 Å². The van der Waals surface area contributed by atoms with Crippen LogP contribution in [0.5, 0.6) is 5.75 Å². The van der Waals surface area contributed by atoms with Crippen molar-refractivity contribution in [2.75, 3.05) is 26.4 Å². The third-order valence-electron chi connectivity index (χ3n) is 6.67. The van der Waals surface area contributed by atoms with Gasteiger partial charge in [0, 0.05) is 42.0 Å². The second-order valence-electron chi connectivity index (χ2n) is 9.44. The summed E-state index contributed by atoms with van der Waals surface area (Å²) < 4.78 is 27.1. The number of nitrogens with zero attached hydrogens (tertiary/aromatic N) is 4. The highest BCUT2D eigenvalue weighted by atomic mass is 32.1. The van der Waals surface area contributed by atoms with E-state index in [4.69, 9.17) is 24.0 Å². The van der Waals surface area contributed by atoms with Crippen LogP contribution in [0.25, 0.3) is 16.0 Å². The van der Waals surface area contributed by atoms with Gasteiger partial charge in [-0.15, -0.1) is 0 Å². The number of hydrogen-bond acceptors (Lipinski definition) is 8. The molecule has 2 atom stereocenters. The van der Waals surface area contributed by atoms with E-state index in [0.29, 0.717) is 31.4 Å². The molecule has 205 valence electrons. The maximum Gasteiger partial charge on any atom is 0.310 e. The first-order valence-corrected chi connectivity index (χ1v) is 14.9.